The predicted molar refractivity (Wildman–Crippen MR) is 110 cm³/mol. The molecule has 2 amide bonds. The number of aromatic nitrogens is 2. The van der Waals surface area contributed by atoms with Crippen LogP contribution in [0, 0.1) is 5.92 Å². The van der Waals surface area contributed by atoms with Crippen LogP contribution >= 0.6 is 0 Å². The molecule has 2 heterocycles. The second-order valence-electron chi connectivity index (χ2n) is 7.76. The molecule has 0 saturated carbocycles. The lowest BCUT2D eigenvalue weighted by Gasteiger charge is -2.33. The maximum atomic E-state index is 12.3. The molecule has 0 atom stereocenters. The summed E-state index contributed by atoms with van der Waals surface area (Å²) in [5.41, 5.74) is 1.25. The van der Waals surface area contributed by atoms with Gasteiger partial charge in [0.25, 0.3) is 0 Å². The minimum absolute atomic E-state index is 0.0186. The van der Waals surface area contributed by atoms with E-state index in [-0.39, 0.29) is 23.8 Å². The van der Waals surface area contributed by atoms with Crippen LogP contribution in [0.5, 0.6) is 0 Å². The molecule has 6 nitrogen and oxygen atoms in total. The molecule has 0 bridgehead atoms. The van der Waals surface area contributed by atoms with Gasteiger partial charge in [0.1, 0.15) is 5.82 Å². The number of nitrogens with zero attached hydrogens (tertiary/aromatic N) is 3. The van der Waals surface area contributed by atoms with Crippen molar-refractivity contribution < 1.29 is 9.59 Å². The lowest BCUT2D eigenvalue weighted by molar-refractivity contribution is -0.135. The number of nitrogens with one attached hydrogen (secondary N) is 1. The first kappa shape index (κ1) is 20.1. The van der Waals surface area contributed by atoms with Crippen LogP contribution in [0.25, 0.3) is 0 Å². The Morgan fingerprint density at radius 3 is 2.54 bits per heavy atom. The van der Waals surface area contributed by atoms with Crippen LogP contribution in [0.15, 0.2) is 42.6 Å². The minimum Gasteiger partial charge on any atom is -0.342 e. The van der Waals surface area contributed by atoms with Crippen LogP contribution in [-0.4, -0.2) is 39.6 Å². The van der Waals surface area contributed by atoms with Gasteiger partial charge in [-0.3, -0.25) is 9.59 Å². The minimum atomic E-state index is 0.0186. The first-order chi connectivity index (χ1) is 13.5. The van der Waals surface area contributed by atoms with E-state index in [1.165, 1.54) is 5.56 Å². The molecule has 0 unspecified atom stereocenters. The number of hydrogen-bond donors (Lipinski definition) is 1. The second-order valence-corrected chi connectivity index (χ2v) is 7.76. The molecule has 28 heavy (non-hydrogen) atoms. The maximum absolute atomic E-state index is 12.3. The van der Waals surface area contributed by atoms with Crippen LogP contribution < -0.4 is 5.32 Å². The number of anilines is 1. The first-order valence-corrected chi connectivity index (χ1v) is 10.2. The summed E-state index contributed by atoms with van der Waals surface area (Å²) in [6.45, 7) is 5.36. The average molecular weight is 383 g/mol. The lowest BCUT2D eigenvalue weighted by atomic mass is 10.0. The van der Waals surface area contributed by atoms with Gasteiger partial charge in [-0.05, 0) is 31.2 Å². The predicted octanol–water partition coefficient (Wildman–Crippen LogP) is 3.66. The van der Waals surface area contributed by atoms with Gasteiger partial charge in [0, 0.05) is 31.5 Å². The highest BCUT2D eigenvalue weighted by atomic mass is 16.2. The number of aryl methyl sites for hydroxylation is 1. The Morgan fingerprint density at radius 1 is 1.14 bits per heavy atom. The number of rotatable bonds is 7. The Kier molecular flexibility index (Phi) is 6.85. The number of amides is 2. The summed E-state index contributed by atoms with van der Waals surface area (Å²) in [7, 11) is 0. The van der Waals surface area contributed by atoms with Gasteiger partial charge in [0.15, 0.2) is 0 Å². The molecule has 1 aromatic carbocycles. The smallest absolute Gasteiger partial charge is 0.225 e. The highest BCUT2D eigenvalue weighted by Gasteiger charge is 2.26. The van der Waals surface area contributed by atoms with Crippen LogP contribution in [0.2, 0.25) is 0 Å². The monoisotopic (exact) mass is 382 g/mol. The van der Waals surface area contributed by atoms with E-state index in [1.54, 1.807) is 6.20 Å². The molecule has 6 heteroatoms. The van der Waals surface area contributed by atoms with Crippen molar-refractivity contribution >= 4 is 17.6 Å². The number of carbonyl (C=O) groups excluding carboxylic acids is 2. The molecule has 0 aliphatic carbocycles. The van der Waals surface area contributed by atoms with E-state index in [2.05, 4.69) is 22.5 Å². The number of hydrogen-bond acceptors (Lipinski definition) is 3. The summed E-state index contributed by atoms with van der Waals surface area (Å²) in [4.78, 5) is 26.4. The fraction of sp³-hybridized carbons (Fsp3) is 0.500. The third kappa shape index (κ3) is 5.21. The van der Waals surface area contributed by atoms with E-state index in [0.29, 0.717) is 6.42 Å². The highest BCUT2D eigenvalue weighted by Crippen LogP contribution is 2.26. The molecule has 150 valence electrons. The molecule has 2 aromatic rings. The summed E-state index contributed by atoms with van der Waals surface area (Å²) in [5.74, 6) is 1.02. The van der Waals surface area contributed by atoms with Gasteiger partial charge in [0.2, 0.25) is 11.8 Å². The Labute approximate surface area is 166 Å². The number of carbonyl (C=O) groups is 2. The van der Waals surface area contributed by atoms with E-state index < -0.39 is 0 Å². The first-order valence-electron chi connectivity index (χ1n) is 10.2. The van der Waals surface area contributed by atoms with E-state index in [9.17, 15) is 9.59 Å². The molecule has 1 fully saturated rings. The molecule has 1 aliphatic rings. The summed E-state index contributed by atoms with van der Waals surface area (Å²) in [6.07, 6.45) is 5.65. The lowest BCUT2D eigenvalue weighted by Crippen LogP contribution is -2.41. The van der Waals surface area contributed by atoms with Crippen molar-refractivity contribution in [1.29, 1.82) is 0 Å². The molecule has 3 rings (SSSR count). The largest absolute Gasteiger partial charge is 0.342 e. The third-order valence-electron chi connectivity index (χ3n) is 5.27. The Hall–Kier alpha value is -2.63. The van der Waals surface area contributed by atoms with Crippen molar-refractivity contribution in [2.24, 2.45) is 5.92 Å². The normalized spacial score (nSPS) is 15.0. The summed E-state index contributed by atoms with van der Waals surface area (Å²) in [6, 6.07) is 12.3. The van der Waals surface area contributed by atoms with E-state index in [4.69, 9.17) is 0 Å². The molecule has 1 aromatic heterocycles. The van der Waals surface area contributed by atoms with Gasteiger partial charge in [-0.2, -0.15) is 5.10 Å². The number of piperidine rings is 1. The van der Waals surface area contributed by atoms with Crippen molar-refractivity contribution in [3.63, 3.8) is 0 Å². The molecule has 1 saturated heterocycles. The van der Waals surface area contributed by atoms with E-state index >= 15 is 0 Å². The van der Waals surface area contributed by atoms with Crippen molar-refractivity contribution in [2.45, 2.75) is 52.0 Å². The average Bonchev–Trinajstić information content (AvgIpc) is 3.16. The Bertz CT molecular complexity index is 777. The molecule has 0 spiro atoms. The van der Waals surface area contributed by atoms with Gasteiger partial charge < -0.3 is 10.2 Å². The summed E-state index contributed by atoms with van der Waals surface area (Å²) in [5, 5.41) is 7.43. The fourth-order valence-electron chi connectivity index (χ4n) is 3.70. The summed E-state index contributed by atoms with van der Waals surface area (Å²) < 4.78 is 1.91. The van der Waals surface area contributed by atoms with Crippen LogP contribution in [0.1, 0.15) is 51.1 Å². The topological polar surface area (TPSA) is 67.2 Å². The summed E-state index contributed by atoms with van der Waals surface area (Å²) >= 11 is 0. The molecule has 1 aliphatic heterocycles. The highest BCUT2D eigenvalue weighted by molar-refractivity contribution is 5.89. The zero-order valence-corrected chi connectivity index (χ0v) is 16.8. The zero-order chi connectivity index (χ0) is 19.9. The molecular weight excluding hydrogens is 352 g/mol. The second kappa shape index (κ2) is 9.53. The van der Waals surface area contributed by atoms with Crippen molar-refractivity contribution in [2.75, 3.05) is 18.4 Å². The van der Waals surface area contributed by atoms with Crippen LogP contribution in [0.3, 0.4) is 0 Å². The maximum Gasteiger partial charge on any atom is 0.225 e. The van der Waals surface area contributed by atoms with Crippen molar-refractivity contribution in [3.8, 4) is 0 Å². The molecule has 1 N–H and O–H groups in total. The van der Waals surface area contributed by atoms with Gasteiger partial charge in [-0.1, -0.05) is 44.2 Å². The molecule has 0 radical (unpaired) electrons. The number of likely N-dealkylation sites (tertiary alicyclic amines) is 1. The van der Waals surface area contributed by atoms with Gasteiger partial charge in [0.05, 0.1) is 12.2 Å². The van der Waals surface area contributed by atoms with Crippen molar-refractivity contribution in [1.82, 2.24) is 14.7 Å². The van der Waals surface area contributed by atoms with E-state index in [1.807, 2.05) is 47.7 Å². The molecular formula is C22H30N4O2. The zero-order valence-electron chi connectivity index (χ0n) is 16.8. The Morgan fingerprint density at radius 2 is 1.86 bits per heavy atom. The van der Waals surface area contributed by atoms with Gasteiger partial charge in [-0.15, -0.1) is 0 Å². The van der Waals surface area contributed by atoms with Crippen LogP contribution in [0.4, 0.5) is 5.82 Å². The quantitative estimate of drug-likeness (QED) is 0.795. The fourth-order valence-corrected chi connectivity index (χ4v) is 3.70. The van der Waals surface area contributed by atoms with Crippen molar-refractivity contribution in [3.05, 3.63) is 48.2 Å². The van der Waals surface area contributed by atoms with Gasteiger partial charge in [-0.25, -0.2) is 4.68 Å². The van der Waals surface area contributed by atoms with Gasteiger partial charge >= 0.3 is 0 Å². The van der Waals surface area contributed by atoms with E-state index in [0.717, 1.165) is 44.6 Å². The van der Waals surface area contributed by atoms with Crippen LogP contribution in [-0.2, 0) is 16.0 Å². The number of benzene rings is 1. The third-order valence-corrected chi connectivity index (χ3v) is 5.27. The standard InChI is InChI=1S/C22H30N4O2/c1-17(2)22(28)25-15-12-19(13-16-25)26-20(11-14-23-26)24-21(27)10-6-9-18-7-4-3-5-8-18/h3-5,7-8,11,14,17,19H,6,9-10,12-13,15-16H2,1-2H3,(H,24,27). The Balaban J connectivity index is 1.48. The SMILES string of the molecule is CC(C)C(=O)N1CCC(n2nccc2NC(=O)CCCc2ccccc2)CC1.